The lowest BCUT2D eigenvalue weighted by molar-refractivity contribution is -0.142. The van der Waals surface area contributed by atoms with Gasteiger partial charge in [0.15, 0.2) is 0 Å². The number of amides is 1. The van der Waals surface area contributed by atoms with Gasteiger partial charge < -0.3 is 19.5 Å². The SMILES string of the molecule is COC(=O)Nc1ccc(NC(C[C@@H]2CCCO2)C(=O)OC)cc1. The van der Waals surface area contributed by atoms with Crippen LogP contribution in [-0.2, 0) is 19.0 Å². The van der Waals surface area contributed by atoms with E-state index in [2.05, 4.69) is 15.4 Å². The zero-order valence-corrected chi connectivity index (χ0v) is 13.3. The van der Waals surface area contributed by atoms with Crippen molar-refractivity contribution in [2.24, 2.45) is 0 Å². The molecule has 1 fully saturated rings. The summed E-state index contributed by atoms with van der Waals surface area (Å²) in [7, 11) is 2.67. The van der Waals surface area contributed by atoms with Gasteiger partial charge in [-0.05, 0) is 37.1 Å². The Balaban J connectivity index is 1.97. The number of ether oxygens (including phenoxy) is 3. The molecule has 1 saturated heterocycles. The van der Waals surface area contributed by atoms with Crippen molar-refractivity contribution in [2.75, 3.05) is 31.5 Å². The predicted molar refractivity (Wildman–Crippen MR) is 85.5 cm³/mol. The lowest BCUT2D eigenvalue weighted by Crippen LogP contribution is -2.34. The second kappa shape index (κ2) is 8.38. The number of hydrogen-bond acceptors (Lipinski definition) is 6. The first-order valence-corrected chi connectivity index (χ1v) is 7.53. The standard InChI is InChI=1S/C16H22N2O5/c1-21-15(19)14(10-13-4-3-9-23-13)17-11-5-7-12(8-6-11)18-16(20)22-2/h5-8,13-14,17H,3-4,9-10H2,1-2H3,(H,18,20)/t13-,14?/m0/s1. The van der Waals surface area contributed by atoms with E-state index in [0.29, 0.717) is 12.1 Å². The second-order valence-electron chi connectivity index (χ2n) is 5.28. The van der Waals surface area contributed by atoms with Gasteiger partial charge in [-0.15, -0.1) is 0 Å². The van der Waals surface area contributed by atoms with E-state index in [9.17, 15) is 9.59 Å². The van der Waals surface area contributed by atoms with Gasteiger partial charge in [0.05, 0.1) is 20.3 Å². The molecule has 23 heavy (non-hydrogen) atoms. The van der Waals surface area contributed by atoms with E-state index in [1.54, 1.807) is 24.3 Å². The normalized spacial score (nSPS) is 18.1. The maximum absolute atomic E-state index is 11.9. The van der Waals surface area contributed by atoms with Gasteiger partial charge in [-0.1, -0.05) is 0 Å². The van der Waals surface area contributed by atoms with E-state index in [1.807, 2.05) is 0 Å². The number of nitrogens with one attached hydrogen (secondary N) is 2. The van der Waals surface area contributed by atoms with Crippen LogP contribution >= 0.6 is 0 Å². The monoisotopic (exact) mass is 322 g/mol. The van der Waals surface area contributed by atoms with Crippen LogP contribution in [0, 0.1) is 0 Å². The van der Waals surface area contributed by atoms with Crippen molar-refractivity contribution in [1.29, 1.82) is 0 Å². The molecule has 0 radical (unpaired) electrons. The van der Waals surface area contributed by atoms with Gasteiger partial charge in [0.25, 0.3) is 0 Å². The fourth-order valence-electron chi connectivity index (χ4n) is 2.47. The second-order valence-corrected chi connectivity index (χ2v) is 5.28. The zero-order valence-electron chi connectivity index (χ0n) is 13.3. The average molecular weight is 322 g/mol. The molecule has 2 N–H and O–H groups in total. The molecular formula is C16H22N2O5. The van der Waals surface area contributed by atoms with Crippen LogP contribution < -0.4 is 10.6 Å². The van der Waals surface area contributed by atoms with Gasteiger partial charge in [0.2, 0.25) is 0 Å². The number of carbonyl (C=O) groups is 2. The number of anilines is 2. The van der Waals surface area contributed by atoms with Crippen molar-refractivity contribution >= 4 is 23.4 Å². The van der Waals surface area contributed by atoms with Crippen molar-refractivity contribution in [3.05, 3.63) is 24.3 Å². The van der Waals surface area contributed by atoms with Crippen LogP contribution in [0.15, 0.2) is 24.3 Å². The Morgan fingerprint density at radius 1 is 1.22 bits per heavy atom. The van der Waals surface area contributed by atoms with Crippen LogP contribution in [0.5, 0.6) is 0 Å². The van der Waals surface area contributed by atoms with E-state index in [4.69, 9.17) is 9.47 Å². The molecule has 1 unspecified atom stereocenters. The van der Waals surface area contributed by atoms with Crippen LogP contribution in [0.25, 0.3) is 0 Å². The minimum atomic E-state index is -0.531. The molecule has 1 aliphatic heterocycles. The smallest absolute Gasteiger partial charge is 0.411 e. The molecule has 2 atom stereocenters. The molecule has 1 amide bonds. The summed E-state index contributed by atoms with van der Waals surface area (Å²) in [5.41, 5.74) is 1.37. The van der Waals surface area contributed by atoms with Crippen molar-refractivity contribution in [3.63, 3.8) is 0 Å². The van der Waals surface area contributed by atoms with Gasteiger partial charge in [-0.25, -0.2) is 9.59 Å². The number of methoxy groups -OCH3 is 2. The molecule has 0 aromatic heterocycles. The van der Waals surface area contributed by atoms with Gasteiger partial charge in [0.1, 0.15) is 6.04 Å². The topological polar surface area (TPSA) is 85.9 Å². The predicted octanol–water partition coefficient (Wildman–Crippen LogP) is 2.39. The quantitative estimate of drug-likeness (QED) is 0.782. The maximum Gasteiger partial charge on any atom is 0.411 e. The Bertz CT molecular complexity index is 526. The largest absolute Gasteiger partial charge is 0.467 e. The van der Waals surface area contributed by atoms with Gasteiger partial charge in [-0.3, -0.25) is 5.32 Å². The molecule has 2 rings (SSSR count). The molecule has 0 aliphatic carbocycles. The summed E-state index contributed by atoms with van der Waals surface area (Å²) in [4.78, 5) is 23.1. The van der Waals surface area contributed by atoms with Crippen LogP contribution in [0.3, 0.4) is 0 Å². The summed E-state index contributed by atoms with van der Waals surface area (Å²) in [6.45, 7) is 0.743. The van der Waals surface area contributed by atoms with Crippen LogP contribution in [-0.4, -0.2) is 45.0 Å². The van der Waals surface area contributed by atoms with Crippen LogP contribution in [0.2, 0.25) is 0 Å². The summed E-state index contributed by atoms with van der Waals surface area (Å²) in [6, 6.07) is 6.52. The Labute approximate surface area is 135 Å². The molecule has 1 aromatic carbocycles. The Kier molecular flexibility index (Phi) is 6.22. The summed E-state index contributed by atoms with van der Waals surface area (Å²) in [5, 5.41) is 5.72. The van der Waals surface area contributed by atoms with Gasteiger partial charge in [0, 0.05) is 24.4 Å². The minimum absolute atomic E-state index is 0.0758. The highest BCUT2D eigenvalue weighted by Crippen LogP contribution is 2.21. The lowest BCUT2D eigenvalue weighted by Gasteiger charge is -2.20. The highest BCUT2D eigenvalue weighted by atomic mass is 16.5. The van der Waals surface area contributed by atoms with E-state index in [1.165, 1.54) is 14.2 Å². The van der Waals surface area contributed by atoms with E-state index < -0.39 is 12.1 Å². The molecule has 1 heterocycles. The molecule has 1 aromatic rings. The summed E-state index contributed by atoms with van der Waals surface area (Å²) in [5.74, 6) is -0.322. The van der Waals surface area contributed by atoms with E-state index in [0.717, 1.165) is 25.1 Å². The third kappa shape index (κ3) is 5.14. The summed E-state index contributed by atoms with van der Waals surface area (Å²) < 4.78 is 15.0. The van der Waals surface area contributed by atoms with Crippen LogP contribution in [0.4, 0.5) is 16.2 Å². The molecular weight excluding hydrogens is 300 g/mol. The minimum Gasteiger partial charge on any atom is -0.467 e. The molecule has 0 saturated carbocycles. The van der Waals surface area contributed by atoms with Crippen molar-refractivity contribution in [1.82, 2.24) is 0 Å². The molecule has 126 valence electrons. The number of rotatable bonds is 6. The molecule has 0 spiro atoms. The van der Waals surface area contributed by atoms with Gasteiger partial charge >= 0.3 is 12.1 Å². The third-order valence-corrected chi connectivity index (χ3v) is 3.67. The third-order valence-electron chi connectivity index (χ3n) is 3.67. The number of esters is 1. The first-order chi connectivity index (χ1) is 11.1. The molecule has 0 bridgehead atoms. The number of carbonyl (C=O) groups excluding carboxylic acids is 2. The van der Waals surface area contributed by atoms with E-state index in [-0.39, 0.29) is 12.1 Å². The van der Waals surface area contributed by atoms with Crippen molar-refractivity contribution in [2.45, 2.75) is 31.4 Å². The number of hydrogen-bond donors (Lipinski definition) is 2. The molecule has 1 aliphatic rings. The Morgan fingerprint density at radius 3 is 2.48 bits per heavy atom. The van der Waals surface area contributed by atoms with E-state index >= 15 is 0 Å². The fourth-order valence-corrected chi connectivity index (χ4v) is 2.47. The fraction of sp³-hybridized carbons (Fsp3) is 0.500. The first-order valence-electron chi connectivity index (χ1n) is 7.53. The van der Waals surface area contributed by atoms with Crippen LogP contribution in [0.1, 0.15) is 19.3 Å². The lowest BCUT2D eigenvalue weighted by atomic mass is 10.1. The first kappa shape index (κ1) is 17.1. The summed E-state index contributed by atoms with van der Waals surface area (Å²) >= 11 is 0. The average Bonchev–Trinajstić information content (AvgIpc) is 3.08. The zero-order chi connectivity index (χ0) is 16.7. The Morgan fingerprint density at radius 2 is 1.91 bits per heavy atom. The molecule has 7 heteroatoms. The molecule has 7 nitrogen and oxygen atoms in total. The van der Waals surface area contributed by atoms with Gasteiger partial charge in [-0.2, -0.15) is 0 Å². The maximum atomic E-state index is 11.9. The number of benzene rings is 1. The highest BCUT2D eigenvalue weighted by Gasteiger charge is 2.26. The summed E-state index contributed by atoms with van der Waals surface area (Å²) in [6.07, 6.45) is 2.08. The van der Waals surface area contributed by atoms with Crippen molar-refractivity contribution in [3.8, 4) is 0 Å². The Hall–Kier alpha value is -2.28. The van der Waals surface area contributed by atoms with Crippen molar-refractivity contribution < 1.29 is 23.8 Å². The highest BCUT2D eigenvalue weighted by molar-refractivity contribution is 5.85.